The summed E-state index contributed by atoms with van der Waals surface area (Å²) in [6.45, 7) is 2.94. The molecule has 2 heteroatoms. The predicted molar refractivity (Wildman–Crippen MR) is 54.4 cm³/mol. The molecule has 0 bridgehead atoms. The van der Waals surface area contributed by atoms with Gasteiger partial charge in [0.25, 0.3) is 0 Å². The van der Waals surface area contributed by atoms with Crippen LogP contribution in [0.4, 0.5) is 0 Å². The average Bonchev–Trinajstić information content (AvgIpc) is 2.06. The van der Waals surface area contributed by atoms with E-state index in [1.807, 2.05) is 0 Å². The molecule has 0 radical (unpaired) electrons. The van der Waals surface area contributed by atoms with Gasteiger partial charge in [0.1, 0.15) is 0 Å². The van der Waals surface area contributed by atoms with Crippen LogP contribution in [0, 0.1) is 0 Å². The maximum atomic E-state index is 5.08. The van der Waals surface area contributed by atoms with E-state index in [0.29, 0.717) is 5.92 Å². The molecule has 1 unspecified atom stereocenters. The van der Waals surface area contributed by atoms with Gasteiger partial charge in [-0.1, -0.05) is 35.0 Å². The Hall–Kier alpha value is -0.340. The Bertz CT molecular complexity index is 230. The second-order valence-corrected chi connectivity index (χ2v) is 3.82. The van der Waals surface area contributed by atoms with Crippen LogP contribution in [-0.2, 0) is 4.74 Å². The van der Waals surface area contributed by atoms with Crippen LogP contribution in [0.25, 0.3) is 0 Å². The quantitative estimate of drug-likeness (QED) is 0.773. The van der Waals surface area contributed by atoms with Gasteiger partial charge >= 0.3 is 0 Å². The zero-order chi connectivity index (χ0) is 8.97. The van der Waals surface area contributed by atoms with Crippen LogP contribution < -0.4 is 0 Å². The molecule has 0 spiro atoms. The Balaban J connectivity index is 2.68. The lowest BCUT2D eigenvalue weighted by atomic mass is 10.0. The van der Waals surface area contributed by atoms with Crippen LogP contribution >= 0.6 is 15.9 Å². The molecule has 1 nitrogen and oxygen atoms in total. The molecule has 1 atom stereocenters. The fourth-order valence-corrected chi connectivity index (χ4v) is 1.40. The lowest BCUT2D eigenvalue weighted by Gasteiger charge is -2.09. The smallest absolute Gasteiger partial charge is 0.0528 e. The molecule has 0 N–H and O–H groups in total. The molecule has 66 valence electrons. The number of halogens is 1. The summed E-state index contributed by atoms with van der Waals surface area (Å²) in [6.07, 6.45) is 0. The second kappa shape index (κ2) is 4.63. The molecule has 0 aliphatic carbocycles. The van der Waals surface area contributed by atoms with E-state index >= 15 is 0 Å². The highest BCUT2D eigenvalue weighted by Gasteiger charge is 2.03. The largest absolute Gasteiger partial charge is 0.384 e. The van der Waals surface area contributed by atoms with Gasteiger partial charge in [-0.05, 0) is 17.7 Å². The number of hydrogen-bond donors (Lipinski definition) is 0. The third-order valence-corrected chi connectivity index (χ3v) is 2.38. The molecule has 0 aromatic heterocycles. The molecule has 0 aliphatic heterocycles. The van der Waals surface area contributed by atoms with Gasteiger partial charge in [0.2, 0.25) is 0 Å². The third-order valence-electron chi connectivity index (χ3n) is 1.86. The number of hydrogen-bond acceptors (Lipinski definition) is 1. The Morgan fingerprint density at radius 3 is 2.42 bits per heavy atom. The number of rotatable bonds is 3. The average molecular weight is 229 g/mol. The molecule has 0 aliphatic rings. The second-order valence-electron chi connectivity index (χ2n) is 2.91. The topological polar surface area (TPSA) is 9.23 Å². The van der Waals surface area contributed by atoms with E-state index in [-0.39, 0.29) is 0 Å². The van der Waals surface area contributed by atoms with Crippen molar-refractivity contribution in [3.8, 4) is 0 Å². The first-order valence-corrected chi connectivity index (χ1v) is 4.77. The Labute approximate surface area is 81.9 Å². The van der Waals surface area contributed by atoms with Crippen molar-refractivity contribution in [3.05, 3.63) is 34.3 Å². The summed E-state index contributed by atoms with van der Waals surface area (Å²) < 4.78 is 6.20. The van der Waals surface area contributed by atoms with Crippen molar-refractivity contribution in [2.45, 2.75) is 12.8 Å². The van der Waals surface area contributed by atoms with Gasteiger partial charge in [-0.3, -0.25) is 0 Å². The van der Waals surface area contributed by atoms with Crippen LogP contribution in [0.3, 0.4) is 0 Å². The summed E-state index contributed by atoms with van der Waals surface area (Å²) in [5.74, 6) is 0.475. The van der Waals surface area contributed by atoms with Crippen molar-refractivity contribution < 1.29 is 4.74 Å². The predicted octanol–water partition coefficient (Wildman–Crippen LogP) is 3.20. The first kappa shape index (κ1) is 9.75. The summed E-state index contributed by atoms with van der Waals surface area (Å²) in [4.78, 5) is 0. The molecule has 1 rings (SSSR count). The molecule has 0 amide bonds. The van der Waals surface area contributed by atoms with Gasteiger partial charge in [-0.2, -0.15) is 0 Å². The van der Waals surface area contributed by atoms with Crippen molar-refractivity contribution in [2.24, 2.45) is 0 Å². The van der Waals surface area contributed by atoms with Crippen LogP contribution in [0.2, 0.25) is 0 Å². The third kappa shape index (κ3) is 2.61. The maximum Gasteiger partial charge on any atom is 0.0528 e. The summed E-state index contributed by atoms with van der Waals surface area (Å²) in [5, 5.41) is 0. The summed E-state index contributed by atoms with van der Waals surface area (Å²) in [5.41, 5.74) is 1.32. The normalized spacial score (nSPS) is 12.9. The van der Waals surface area contributed by atoms with Crippen molar-refractivity contribution in [3.63, 3.8) is 0 Å². The minimum absolute atomic E-state index is 0.475. The summed E-state index contributed by atoms with van der Waals surface area (Å²) >= 11 is 3.40. The van der Waals surface area contributed by atoms with E-state index in [4.69, 9.17) is 4.74 Å². The van der Waals surface area contributed by atoms with Crippen LogP contribution in [-0.4, -0.2) is 13.7 Å². The monoisotopic (exact) mass is 228 g/mol. The fourth-order valence-electron chi connectivity index (χ4n) is 1.14. The van der Waals surface area contributed by atoms with Crippen LogP contribution in [0.1, 0.15) is 18.4 Å². The van der Waals surface area contributed by atoms with Gasteiger partial charge in [-0.25, -0.2) is 0 Å². The number of ether oxygens (including phenoxy) is 1. The minimum Gasteiger partial charge on any atom is -0.384 e. The summed E-state index contributed by atoms with van der Waals surface area (Å²) in [6, 6.07) is 8.35. The van der Waals surface area contributed by atoms with E-state index in [1.54, 1.807) is 7.11 Å². The molecule has 0 heterocycles. The van der Waals surface area contributed by atoms with Crippen LogP contribution in [0.5, 0.6) is 0 Å². The SMILES string of the molecule is COCC(C)c1ccc(Br)cc1. The minimum atomic E-state index is 0.475. The molecular weight excluding hydrogens is 216 g/mol. The van der Waals surface area contributed by atoms with E-state index in [1.165, 1.54) is 5.56 Å². The van der Waals surface area contributed by atoms with Crippen molar-refractivity contribution in [1.29, 1.82) is 0 Å². The van der Waals surface area contributed by atoms with Crippen molar-refractivity contribution in [2.75, 3.05) is 13.7 Å². The highest BCUT2D eigenvalue weighted by atomic mass is 79.9. The highest BCUT2D eigenvalue weighted by molar-refractivity contribution is 9.10. The maximum absolute atomic E-state index is 5.08. The fraction of sp³-hybridized carbons (Fsp3) is 0.400. The van der Waals surface area contributed by atoms with Gasteiger partial charge in [0, 0.05) is 17.5 Å². The standard InChI is InChI=1S/C10H13BrO/c1-8(7-12-2)9-3-5-10(11)6-4-9/h3-6,8H,7H2,1-2H3. The summed E-state index contributed by atoms with van der Waals surface area (Å²) in [7, 11) is 1.73. The zero-order valence-corrected chi connectivity index (χ0v) is 8.97. The number of methoxy groups -OCH3 is 1. The van der Waals surface area contributed by atoms with Gasteiger partial charge < -0.3 is 4.74 Å². The lowest BCUT2D eigenvalue weighted by molar-refractivity contribution is 0.184. The molecule has 1 aromatic rings. The Morgan fingerprint density at radius 1 is 1.33 bits per heavy atom. The first-order chi connectivity index (χ1) is 5.74. The molecule has 1 aromatic carbocycles. The molecule has 12 heavy (non-hydrogen) atoms. The zero-order valence-electron chi connectivity index (χ0n) is 7.38. The Kier molecular flexibility index (Phi) is 3.76. The van der Waals surface area contributed by atoms with Crippen molar-refractivity contribution in [1.82, 2.24) is 0 Å². The van der Waals surface area contributed by atoms with E-state index < -0.39 is 0 Å². The molecular formula is C10H13BrO. The Morgan fingerprint density at radius 2 is 1.92 bits per heavy atom. The van der Waals surface area contributed by atoms with Crippen LogP contribution in [0.15, 0.2) is 28.7 Å². The van der Waals surface area contributed by atoms with Gasteiger partial charge in [-0.15, -0.1) is 0 Å². The number of benzene rings is 1. The molecule has 0 saturated heterocycles. The highest BCUT2D eigenvalue weighted by Crippen LogP contribution is 2.18. The van der Waals surface area contributed by atoms with Crippen molar-refractivity contribution >= 4 is 15.9 Å². The van der Waals surface area contributed by atoms with Gasteiger partial charge in [0.15, 0.2) is 0 Å². The lowest BCUT2D eigenvalue weighted by Crippen LogP contribution is -2.01. The molecule has 0 saturated carbocycles. The molecule has 0 fully saturated rings. The van der Waals surface area contributed by atoms with Gasteiger partial charge in [0.05, 0.1) is 6.61 Å². The van der Waals surface area contributed by atoms with E-state index in [2.05, 4.69) is 47.1 Å². The first-order valence-electron chi connectivity index (χ1n) is 3.98. The van der Waals surface area contributed by atoms with E-state index in [0.717, 1.165) is 11.1 Å². The van der Waals surface area contributed by atoms with E-state index in [9.17, 15) is 0 Å².